The minimum absolute atomic E-state index is 0.197. The van der Waals surface area contributed by atoms with Gasteiger partial charge in [0.1, 0.15) is 0 Å². The van der Waals surface area contributed by atoms with E-state index >= 15 is 0 Å². The van der Waals surface area contributed by atoms with Gasteiger partial charge in [-0.1, -0.05) is 23.2 Å². The van der Waals surface area contributed by atoms with Crippen molar-refractivity contribution in [2.75, 3.05) is 10.6 Å². The Hall–Kier alpha value is -2.83. The minimum atomic E-state index is -0.299. The number of anilines is 2. The van der Waals surface area contributed by atoms with Crippen molar-refractivity contribution in [2.45, 2.75) is 20.8 Å². The summed E-state index contributed by atoms with van der Waals surface area (Å²) in [5, 5.41) is 10.8. The van der Waals surface area contributed by atoms with E-state index in [1.54, 1.807) is 47.1 Å². The number of nitrogens with one attached hydrogen (secondary N) is 2. The zero-order valence-electron chi connectivity index (χ0n) is 15.5. The van der Waals surface area contributed by atoms with Gasteiger partial charge in [-0.25, -0.2) is 4.68 Å². The van der Waals surface area contributed by atoms with Gasteiger partial charge in [0.15, 0.2) is 0 Å². The first-order valence-electron chi connectivity index (χ1n) is 8.47. The highest BCUT2D eigenvalue weighted by atomic mass is 35.5. The molecule has 0 spiro atoms. The van der Waals surface area contributed by atoms with Crippen molar-refractivity contribution in [3.05, 3.63) is 69.5 Å². The number of carbonyl (C=O) groups excluding carboxylic acids is 2. The summed E-state index contributed by atoms with van der Waals surface area (Å²) in [6.07, 6.45) is 0. The molecule has 2 N–H and O–H groups in total. The van der Waals surface area contributed by atoms with Crippen molar-refractivity contribution in [3.8, 4) is 5.69 Å². The van der Waals surface area contributed by atoms with E-state index in [9.17, 15) is 9.59 Å². The Morgan fingerprint density at radius 2 is 1.68 bits per heavy atom. The third-order valence-electron chi connectivity index (χ3n) is 4.11. The third-order valence-corrected chi connectivity index (χ3v) is 4.97. The molecular weight excluding hydrogens is 399 g/mol. The molecule has 0 atom stereocenters. The molecule has 0 aliphatic heterocycles. The summed E-state index contributed by atoms with van der Waals surface area (Å²) in [5.41, 5.74) is 3.87. The topological polar surface area (TPSA) is 76.0 Å². The second kappa shape index (κ2) is 8.04. The highest BCUT2D eigenvalue weighted by molar-refractivity contribution is 6.34. The van der Waals surface area contributed by atoms with Gasteiger partial charge in [0.05, 0.1) is 32.8 Å². The van der Waals surface area contributed by atoms with Crippen LogP contribution < -0.4 is 10.6 Å². The summed E-state index contributed by atoms with van der Waals surface area (Å²) in [5.74, 6) is -0.496. The second-order valence-corrected chi connectivity index (χ2v) is 7.06. The first kappa shape index (κ1) is 19.9. The van der Waals surface area contributed by atoms with Crippen LogP contribution in [0.5, 0.6) is 0 Å². The SMILES string of the molecule is CC(=O)Nc1ccc(NC(=O)c2ccc(-n3nc(C)c(Cl)c3C)cc2)c(Cl)c1. The Kier molecular flexibility index (Phi) is 5.72. The molecule has 8 heteroatoms. The van der Waals surface area contributed by atoms with E-state index in [-0.39, 0.29) is 11.8 Å². The molecule has 1 aromatic heterocycles. The Labute approximate surface area is 172 Å². The number of amides is 2. The van der Waals surface area contributed by atoms with Gasteiger partial charge in [-0.15, -0.1) is 0 Å². The molecule has 3 aromatic rings. The number of rotatable bonds is 4. The number of benzene rings is 2. The highest BCUT2D eigenvalue weighted by Gasteiger charge is 2.13. The van der Waals surface area contributed by atoms with E-state index in [0.717, 1.165) is 17.1 Å². The molecule has 0 saturated heterocycles. The molecule has 6 nitrogen and oxygen atoms in total. The van der Waals surface area contributed by atoms with E-state index in [2.05, 4.69) is 15.7 Å². The molecule has 0 unspecified atom stereocenters. The number of halogens is 2. The number of hydrogen-bond donors (Lipinski definition) is 2. The first-order valence-corrected chi connectivity index (χ1v) is 9.22. The quantitative estimate of drug-likeness (QED) is 0.627. The lowest BCUT2D eigenvalue weighted by Crippen LogP contribution is -2.13. The van der Waals surface area contributed by atoms with Gasteiger partial charge in [0, 0.05) is 18.2 Å². The van der Waals surface area contributed by atoms with Gasteiger partial charge in [0.25, 0.3) is 5.91 Å². The van der Waals surface area contributed by atoms with Crippen molar-refractivity contribution in [2.24, 2.45) is 0 Å². The zero-order chi connectivity index (χ0) is 20.4. The standard InChI is InChI=1S/C20H18Cl2N4O2/c1-11-19(22)12(2)26(25-11)16-7-4-14(5-8-16)20(28)24-18-9-6-15(10-17(18)21)23-13(3)27/h4-10H,1-3H3,(H,23,27)(H,24,28). The fraction of sp³-hybridized carbons (Fsp3) is 0.150. The van der Waals surface area contributed by atoms with E-state index in [1.165, 1.54) is 6.92 Å². The van der Waals surface area contributed by atoms with Crippen LogP contribution in [0.2, 0.25) is 10.0 Å². The smallest absolute Gasteiger partial charge is 0.255 e. The summed E-state index contributed by atoms with van der Waals surface area (Å²) in [7, 11) is 0. The summed E-state index contributed by atoms with van der Waals surface area (Å²) in [6, 6.07) is 11.9. The van der Waals surface area contributed by atoms with Crippen LogP contribution >= 0.6 is 23.2 Å². The Balaban J connectivity index is 1.76. The molecule has 144 valence electrons. The minimum Gasteiger partial charge on any atom is -0.326 e. The third kappa shape index (κ3) is 4.18. The zero-order valence-corrected chi connectivity index (χ0v) is 17.0. The fourth-order valence-electron chi connectivity index (χ4n) is 2.72. The number of aryl methyl sites for hydroxylation is 1. The van der Waals surface area contributed by atoms with Crippen LogP contribution in [0.3, 0.4) is 0 Å². The van der Waals surface area contributed by atoms with E-state index in [4.69, 9.17) is 23.2 Å². The number of aromatic nitrogens is 2. The lowest BCUT2D eigenvalue weighted by molar-refractivity contribution is -0.114. The molecule has 2 amide bonds. The van der Waals surface area contributed by atoms with Crippen molar-refractivity contribution < 1.29 is 9.59 Å². The maximum absolute atomic E-state index is 12.5. The average molecular weight is 417 g/mol. The van der Waals surface area contributed by atoms with Gasteiger partial charge in [-0.3, -0.25) is 9.59 Å². The van der Waals surface area contributed by atoms with Gasteiger partial charge in [-0.05, 0) is 56.3 Å². The fourth-order valence-corrected chi connectivity index (χ4v) is 3.07. The molecular formula is C20H18Cl2N4O2. The van der Waals surface area contributed by atoms with E-state index in [1.807, 2.05) is 13.8 Å². The predicted octanol–water partition coefficient (Wildman–Crippen LogP) is 5.01. The number of nitrogens with zero attached hydrogens (tertiary/aromatic N) is 2. The van der Waals surface area contributed by atoms with Crippen LogP contribution in [0, 0.1) is 13.8 Å². The Morgan fingerprint density at radius 3 is 2.21 bits per heavy atom. The van der Waals surface area contributed by atoms with Gasteiger partial charge < -0.3 is 10.6 Å². The van der Waals surface area contributed by atoms with Crippen molar-refractivity contribution >= 4 is 46.4 Å². The van der Waals surface area contributed by atoms with Crippen LogP contribution in [-0.2, 0) is 4.79 Å². The molecule has 1 heterocycles. The van der Waals surface area contributed by atoms with Crippen LogP contribution in [0.1, 0.15) is 28.7 Å². The second-order valence-electron chi connectivity index (χ2n) is 6.27. The van der Waals surface area contributed by atoms with E-state index in [0.29, 0.717) is 27.0 Å². The van der Waals surface area contributed by atoms with Crippen LogP contribution in [0.25, 0.3) is 5.69 Å². The summed E-state index contributed by atoms with van der Waals surface area (Å²) in [6.45, 7) is 5.14. The molecule has 3 rings (SSSR count). The Morgan fingerprint density at radius 1 is 1.00 bits per heavy atom. The van der Waals surface area contributed by atoms with Crippen molar-refractivity contribution in [3.63, 3.8) is 0 Å². The Bertz CT molecular complexity index is 1060. The highest BCUT2D eigenvalue weighted by Crippen LogP contribution is 2.26. The predicted molar refractivity (Wildman–Crippen MR) is 112 cm³/mol. The molecule has 0 bridgehead atoms. The van der Waals surface area contributed by atoms with Crippen molar-refractivity contribution in [1.29, 1.82) is 0 Å². The molecule has 0 aliphatic rings. The molecule has 0 aliphatic carbocycles. The van der Waals surface area contributed by atoms with Gasteiger partial charge >= 0.3 is 0 Å². The van der Waals surface area contributed by atoms with Crippen LogP contribution in [0.4, 0.5) is 11.4 Å². The molecule has 0 fully saturated rings. The largest absolute Gasteiger partial charge is 0.326 e. The maximum Gasteiger partial charge on any atom is 0.255 e. The molecule has 0 radical (unpaired) electrons. The lowest BCUT2D eigenvalue weighted by atomic mass is 10.2. The number of hydrogen-bond acceptors (Lipinski definition) is 3. The summed E-state index contributed by atoms with van der Waals surface area (Å²) < 4.78 is 1.73. The van der Waals surface area contributed by atoms with Crippen LogP contribution in [-0.4, -0.2) is 21.6 Å². The molecule has 2 aromatic carbocycles. The monoisotopic (exact) mass is 416 g/mol. The first-order chi connectivity index (χ1) is 13.3. The summed E-state index contributed by atoms with van der Waals surface area (Å²) >= 11 is 12.4. The average Bonchev–Trinajstić information content (AvgIpc) is 2.91. The summed E-state index contributed by atoms with van der Waals surface area (Å²) in [4.78, 5) is 23.6. The van der Waals surface area contributed by atoms with E-state index < -0.39 is 0 Å². The van der Waals surface area contributed by atoms with Gasteiger partial charge in [-0.2, -0.15) is 5.10 Å². The van der Waals surface area contributed by atoms with Crippen LogP contribution in [0.15, 0.2) is 42.5 Å². The maximum atomic E-state index is 12.5. The lowest BCUT2D eigenvalue weighted by Gasteiger charge is -2.10. The molecule has 28 heavy (non-hydrogen) atoms. The van der Waals surface area contributed by atoms with Gasteiger partial charge in [0.2, 0.25) is 5.91 Å². The van der Waals surface area contributed by atoms with Crippen molar-refractivity contribution in [1.82, 2.24) is 9.78 Å². The normalized spacial score (nSPS) is 10.6. The number of carbonyl (C=O) groups is 2. The molecule has 0 saturated carbocycles.